The summed E-state index contributed by atoms with van der Waals surface area (Å²) in [6.45, 7) is 4.51. The van der Waals surface area contributed by atoms with Crippen LogP contribution < -0.4 is 5.32 Å². The van der Waals surface area contributed by atoms with Crippen molar-refractivity contribution in [3.63, 3.8) is 0 Å². The van der Waals surface area contributed by atoms with E-state index in [-0.39, 0.29) is 0 Å². The molecule has 14 heavy (non-hydrogen) atoms. The first-order chi connectivity index (χ1) is 6.84. The first-order valence-electron chi connectivity index (χ1n) is 5.09. The molecule has 1 aliphatic heterocycles. The van der Waals surface area contributed by atoms with Crippen LogP contribution in [-0.4, -0.2) is 24.4 Å². The maximum atomic E-state index is 5.69. The molecular formula is C10H16N2O2. The van der Waals surface area contributed by atoms with Crippen LogP contribution in [0, 0.1) is 6.92 Å². The minimum absolute atomic E-state index is 0.328. The van der Waals surface area contributed by atoms with Gasteiger partial charge in [-0.2, -0.15) is 0 Å². The van der Waals surface area contributed by atoms with Crippen molar-refractivity contribution in [3.05, 3.63) is 17.5 Å². The van der Waals surface area contributed by atoms with Gasteiger partial charge in [-0.1, -0.05) is 5.16 Å². The average Bonchev–Trinajstić information content (AvgIpc) is 2.63. The molecule has 1 aromatic rings. The topological polar surface area (TPSA) is 47.3 Å². The normalized spacial score (nSPS) is 22.5. The Kier molecular flexibility index (Phi) is 3.16. The molecule has 4 heteroatoms. The fourth-order valence-electron chi connectivity index (χ4n) is 1.65. The van der Waals surface area contributed by atoms with E-state index in [0.29, 0.717) is 12.7 Å². The lowest BCUT2D eigenvalue weighted by atomic mass is 10.1. The van der Waals surface area contributed by atoms with Crippen LogP contribution in [-0.2, 0) is 11.3 Å². The smallest absolute Gasteiger partial charge is 0.162 e. The van der Waals surface area contributed by atoms with Gasteiger partial charge >= 0.3 is 0 Å². The average molecular weight is 196 g/mol. The lowest BCUT2D eigenvalue weighted by molar-refractivity contribution is 0.0146. The van der Waals surface area contributed by atoms with Gasteiger partial charge in [0, 0.05) is 12.6 Å². The van der Waals surface area contributed by atoms with Crippen molar-refractivity contribution in [2.45, 2.75) is 32.5 Å². The molecule has 0 radical (unpaired) electrons. The summed E-state index contributed by atoms with van der Waals surface area (Å²) in [5.41, 5.74) is 0.908. The maximum absolute atomic E-state index is 5.69. The zero-order valence-corrected chi connectivity index (χ0v) is 8.45. The van der Waals surface area contributed by atoms with E-state index in [9.17, 15) is 0 Å². The molecule has 0 amide bonds. The van der Waals surface area contributed by atoms with E-state index in [1.165, 1.54) is 6.42 Å². The van der Waals surface area contributed by atoms with Gasteiger partial charge < -0.3 is 14.6 Å². The predicted molar refractivity (Wildman–Crippen MR) is 51.9 cm³/mol. The van der Waals surface area contributed by atoms with Crippen LogP contribution in [0.3, 0.4) is 0 Å². The second-order valence-electron chi connectivity index (χ2n) is 3.71. The highest BCUT2D eigenvalue weighted by molar-refractivity contribution is 5.01. The van der Waals surface area contributed by atoms with Gasteiger partial charge in [0.2, 0.25) is 0 Å². The quantitative estimate of drug-likeness (QED) is 0.790. The molecule has 0 saturated carbocycles. The summed E-state index contributed by atoms with van der Waals surface area (Å²) in [7, 11) is 0. The lowest BCUT2D eigenvalue weighted by Gasteiger charge is -2.22. The molecule has 1 N–H and O–H groups in total. The second-order valence-corrected chi connectivity index (χ2v) is 3.71. The molecule has 78 valence electrons. The van der Waals surface area contributed by atoms with Crippen molar-refractivity contribution in [1.82, 2.24) is 10.5 Å². The van der Waals surface area contributed by atoms with Crippen LogP contribution in [0.1, 0.15) is 24.3 Å². The van der Waals surface area contributed by atoms with Crippen molar-refractivity contribution >= 4 is 0 Å². The van der Waals surface area contributed by atoms with Gasteiger partial charge in [-0.15, -0.1) is 0 Å². The monoisotopic (exact) mass is 196 g/mol. The number of ether oxygens (including phenoxy) is 1. The Morgan fingerprint density at radius 3 is 3.29 bits per heavy atom. The van der Waals surface area contributed by atoms with E-state index in [1.54, 1.807) is 0 Å². The van der Waals surface area contributed by atoms with Gasteiger partial charge in [0.05, 0.1) is 11.8 Å². The van der Waals surface area contributed by atoms with Crippen LogP contribution in [0.4, 0.5) is 0 Å². The molecule has 0 aromatic carbocycles. The third-order valence-corrected chi connectivity index (χ3v) is 2.39. The van der Waals surface area contributed by atoms with Gasteiger partial charge in [0.15, 0.2) is 5.76 Å². The number of nitrogens with zero attached hydrogens (tertiary/aromatic N) is 1. The number of piperidine rings is 1. The Hall–Kier alpha value is -0.870. The highest BCUT2D eigenvalue weighted by Gasteiger charge is 2.13. The molecule has 1 aromatic heterocycles. The van der Waals surface area contributed by atoms with Crippen LogP contribution in [0.15, 0.2) is 10.6 Å². The predicted octanol–water partition coefficient (Wildman–Crippen LogP) is 1.25. The molecule has 1 aliphatic rings. The zero-order chi connectivity index (χ0) is 9.80. The molecule has 4 nitrogen and oxygen atoms in total. The molecule has 0 unspecified atom stereocenters. The van der Waals surface area contributed by atoms with Crippen LogP contribution in [0.5, 0.6) is 0 Å². The van der Waals surface area contributed by atoms with E-state index in [4.69, 9.17) is 9.26 Å². The minimum atomic E-state index is 0.328. The lowest BCUT2D eigenvalue weighted by Crippen LogP contribution is -2.35. The van der Waals surface area contributed by atoms with E-state index >= 15 is 0 Å². The molecule has 2 heterocycles. The largest absolute Gasteiger partial charge is 0.369 e. The Balaban J connectivity index is 1.76. The highest BCUT2D eigenvalue weighted by Crippen LogP contribution is 2.10. The van der Waals surface area contributed by atoms with Gasteiger partial charge in [-0.25, -0.2) is 0 Å². The molecular weight excluding hydrogens is 180 g/mol. The van der Waals surface area contributed by atoms with Gasteiger partial charge in [-0.05, 0) is 26.3 Å². The van der Waals surface area contributed by atoms with Crippen molar-refractivity contribution < 1.29 is 9.26 Å². The standard InChI is InChI=1S/C10H16N2O2/c1-8-5-10(14-12-8)7-13-9-3-2-4-11-6-9/h5,9,11H,2-4,6-7H2,1H3/t9-/m0/s1. The van der Waals surface area contributed by atoms with Crippen LogP contribution in [0.2, 0.25) is 0 Å². The van der Waals surface area contributed by atoms with Crippen molar-refractivity contribution in [2.75, 3.05) is 13.1 Å². The molecule has 0 spiro atoms. The third-order valence-electron chi connectivity index (χ3n) is 2.39. The third kappa shape index (κ3) is 2.56. The summed E-state index contributed by atoms with van der Waals surface area (Å²) in [4.78, 5) is 0. The molecule has 1 atom stereocenters. The summed E-state index contributed by atoms with van der Waals surface area (Å²) < 4.78 is 10.7. The SMILES string of the molecule is Cc1cc(CO[C@H]2CCCNC2)on1. The van der Waals surface area contributed by atoms with E-state index in [2.05, 4.69) is 10.5 Å². The van der Waals surface area contributed by atoms with Gasteiger partial charge in [0.25, 0.3) is 0 Å². The number of rotatable bonds is 3. The van der Waals surface area contributed by atoms with Crippen molar-refractivity contribution in [1.29, 1.82) is 0 Å². The zero-order valence-electron chi connectivity index (χ0n) is 8.45. The molecule has 2 rings (SSSR count). The van der Waals surface area contributed by atoms with Crippen LogP contribution in [0.25, 0.3) is 0 Å². The summed E-state index contributed by atoms with van der Waals surface area (Å²) in [6.07, 6.45) is 2.66. The first kappa shape index (κ1) is 9.68. The van der Waals surface area contributed by atoms with Crippen molar-refractivity contribution in [2.24, 2.45) is 0 Å². The summed E-state index contributed by atoms with van der Waals surface area (Å²) in [6, 6.07) is 1.91. The number of nitrogens with one attached hydrogen (secondary N) is 1. The minimum Gasteiger partial charge on any atom is -0.369 e. The molecule has 0 bridgehead atoms. The Labute approximate surface area is 83.6 Å². The summed E-state index contributed by atoms with van der Waals surface area (Å²) >= 11 is 0. The van der Waals surface area contributed by atoms with Gasteiger partial charge in [0.1, 0.15) is 6.61 Å². The second kappa shape index (κ2) is 4.57. The fraction of sp³-hybridized carbons (Fsp3) is 0.700. The van der Waals surface area contributed by atoms with Crippen molar-refractivity contribution in [3.8, 4) is 0 Å². The number of hydrogen-bond acceptors (Lipinski definition) is 4. The van der Waals surface area contributed by atoms with Crippen LogP contribution >= 0.6 is 0 Å². The van der Waals surface area contributed by atoms with E-state index < -0.39 is 0 Å². The fourth-order valence-corrected chi connectivity index (χ4v) is 1.65. The highest BCUT2D eigenvalue weighted by atomic mass is 16.5. The number of hydrogen-bond donors (Lipinski definition) is 1. The Morgan fingerprint density at radius 2 is 2.64 bits per heavy atom. The molecule has 0 aliphatic carbocycles. The molecule has 1 saturated heterocycles. The van der Waals surface area contributed by atoms with E-state index in [0.717, 1.165) is 31.0 Å². The number of aryl methyl sites for hydroxylation is 1. The summed E-state index contributed by atoms with van der Waals surface area (Å²) in [5.74, 6) is 0.813. The van der Waals surface area contributed by atoms with Gasteiger partial charge in [-0.3, -0.25) is 0 Å². The summed E-state index contributed by atoms with van der Waals surface area (Å²) in [5, 5.41) is 7.11. The first-order valence-corrected chi connectivity index (χ1v) is 5.09. The Bertz CT molecular complexity index is 279. The van der Waals surface area contributed by atoms with E-state index in [1.807, 2.05) is 13.0 Å². The number of aromatic nitrogens is 1. The molecule has 1 fully saturated rings. The Morgan fingerprint density at radius 1 is 1.71 bits per heavy atom. The maximum Gasteiger partial charge on any atom is 0.162 e.